The second-order valence-corrected chi connectivity index (χ2v) is 5.35. The molecule has 4 nitrogen and oxygen atoms in total. The Kier molecular flexibility index (Phi) is 4.29. The lowest BCUT2D eigenvalue weighted by Gasteiger charge is -2.20. The molecule has 0 aromatic carbocycles. The van der Waals surface area contributed by atoms with E-state index in [4.69, 9.17) is 29.0 Å². The van der Waals surface area contributed by atoms with Crippen molar-refractivity contribution in [2.24, 2.45) is 5.84 Å². The largest absolute Gasteiger partial charge is 0.354 e. The maximum absolute atomic E-state index is 6.14. The molecule has 0 saturated heterocycles. The lowest BCUT2D eigenvalue weighted by atomic mass is 10.3. The molecule has 2 rings (SSSR count). The quantitative estimate of drug-likeness (QED) is 0.671. The molecule has 0 spiro atoms. The molecule has 0 aliphatic rings. The summed E-state index contributed by atoms with van der Waals surface area (Å²) in [7, 11) is 1.92. The van der Waals surface area contributed by atoms with E-state index in [2.05, 4.69) is 21.9 Å². The van der Waals surface area contributed by atoms with Crippen LogP contribution in [0.2, 0.25) is 10.0 Å². The number of anilines is 2. The molecule has 18 heavy (non-hydrogen) atoms. The van der Waals surface area contributed by atoms with Gasteiger partial charge in [-0.2, -0.15) is 11.3 Å². The first-order valence-corrected chi connectivity index (χ1v) is 6.86. The Hall–Kier alpha value is -1.01. The van der Waals surface area contributed by atoms with Crippen LogP contribution in [0.3, 0.4) is 0 Å². The van der Waals surface area contributed by atoms with Gasteiger partial charge in [-0.1, -0.05) is 23.2 Å². The van der Waals surface area contributed by atoms with Crippen LogP contribution in [0.15, 0.2) is 22.9 Å². The summed E-state index contributed by atoms with van der Waals surface area (Å²) in [6.45, 7) is 0.724. The van der Waals surface area contributed by atoms with Crippen LogP contribution in [0, 0.1) is 0 Å². The molecule has 2 aromatic heterocycles. The maximum Gasteiger partial charge on any atom is 0.161 e. The highest BCUT2D eigenvalue weighted by atomic mass is 35.5. The van der Waals surface area contributed by atoms with E-state index in [-0.39, 0.29) is 0 Å². The van der Waals surface area contributed by atoms with E-state index in [1.807, 2.05) is 17.3 Å². The summed E-state index contributed by atoms with van der Waals surface area (Å²) in [5.41, 5.74) is 3.66. The number of nitrogens with zero attached hydrogens (tertiary/aromatic N) is 2. The first-order chi connectivity index (χ1) is 8.61. The molecule has 0 saturated carbocycles. The summed E-state index contributed by atoms with van der Waals surface area (Å²) in [5.74, 6) is 6.40. The Balaban J connectivity index is 2.26. The molecule has 3 N–H and O–H groups in total. The smallest absolute Gasteiger partial charge is 0.161 e. The molecule has 0 unspecified atom stereocenters. The number of nitrogens with two attached hydrogens (primary N) is 1. The lowest BCUT2D eigenvalue weighted by Crippen LogP contribution is -2.19. The van der Waals surface area contributed by atoms with Gasteiger partial charge in [-0.3, -0.25) is 0 Å². The van der Waals surface area contributed by atoms with Crippen LogP contribution in [-0.4, -0.2) is 12.0 Å². The van der Waals surface area contributed by atoms with E-state index in [0.29, 0.717) is 21.7 Å². The third kappa shape index (κ3) is 2.87. The van der Waals surface area contributed by atoms with E-state index < -0.39 is 0 Å². The number of nitrogens with one attached hydrogen (secondary N) is 1. The van der Waals surface area contributed by atoms with E-state index in [1.54, 1.807) is 17.4 Å². The zero-order valence-electron chi connectivity index (χ0n) is 9.65. The number of aromatic nitrogens is 1. The van der Waals surface area contributed by atoms with E-state index in [9.17, 15) is 0 Å². The van der Waals surface area contributed by atoms with Crippen molar-refractivity contribution < 1.29 is 0 Å². The highest BCUT2D eigenvalue weighted by molar-refractivity contribution is 7.07. The summed E-state index contributed by atoms with van der Waals surface area (Å²) < 4.78 is 0. The number of halogens is 2. The maximum atomic E-state index is 6.14. The fourth-order valence-corrected chi connectivity index (χ4v) is 2.77. The highest BCUT2D eigenvalue weighted by Crippen LogP contribution is 2.31. The third-order valence-electron chi connectivity index (χ3n) is 2.41. The van der Waals surface area contributed by atoms with Crippen molar-refractivity contribution in [2.75, 3.05) is 17.4 Å². The number of hydrogen-bond acceptors (Lipinski definition) is 5. The summed E-state index contributed by atoms with van der Waals surface area (Å²) in [6.07, 6.45) is 0. The zero-order chi connectivity index (χ0) is 13.1. The minimum absolute atomic E-state index is 0.398. The average molecular weight is 303 g/mol. The number of rotatable bonds is 4. The van der Waals surface area contributed by atoms with Gasteiger partial charge in [-0.15, -0.1) is 0 Å². The van der Waals surface area contributed by atoms with Gasteiger partial charge in [0.1, 0.15) is 5.82 Å². The standard InChI is InChI=1S/C11H12Cl2N4S/c1-17(5-7-2-3-18-6-7)11-9(13)4-8(12)10(15-11)16-14/h2-4,6H,5,14H2,1H3,(H,15,16). The second-order valence-electron chi connectivity index (χ2n) is 3.76. The molecule has 2 heterocycles. The molecule has 7 heteroatoms. The van der Waals surface area contributed by atoms with Crippen LogP contribution in [0.4, 0.5) is 11.6 Å². The first-order valence-electron chi connectivity index (χ1n) is 5.16. The monoisotopic (exact) mass is 302 g/mol. The van der Waals surface area contributed by atoms with Gasteiger partial charge in [0.05, 0.1) is 10.0 Å². The van der Waals surface area contributed by atoms with Crippen molar-refractivity contribution >= 4 is 46.2 Å². The Morgan fingerprint density at radius 3 is 2.83 bits per heavy atom. The molecule has 0 radical (unpaired) electrons. The van der Waals surface area contributed by atoms with Gasteiger partial charge in [0.15, 0.2) is 5.82 Å². The molecule has 2 aromatic rings. The molecule has 96 valence electrons. The number of thiophene rings is 1. The lowest BCUT2D eigenvalue weighted by molar-refractivity contribution is 0.902. The van der Waals surface area contributed by atoms with Gasteiger partial charge < -0.3 is 10.3 Å². The van der Waals surface area contributed by atoms with Gasteiger partial charge in [0.25, 0.3) is 0 Å². The summed E-state index contributed by atoms with van der Waals surface area (Å²) in [4.78, 5) is 6.25. The van der Waals surface area contributed by atoms with Gasteiger partial charge >= 0.3 is 0 Å². The van der Waals surface area contributed by atoms with Crippen LogP contribution in [-0.2, 0) is 6.54 Å². The predicted molar refractivity (Wildman–Crippen MR) is 78.5 cm³/mol. The SMILES string of the molecule is CN(Cc1ccsc1)c1nc(NN)c(Cl)cc1Cl. The minimum Gasteiger partial charge on any atom is -0.354 e. The number of nitrogen functional groups attached to an aromatic ring is 1. The number of pyridine rings is 1. The minimum atomic E-state index is 0.398. The van der Waals surface area contributed by atoms with Crippen molar-refractivity contribution in [1.82, 2.24) is 4.98 Å². The van der Waals surface area contributed by atoms with E-state index in [1.165, 1.54) is 5.56 Å². The van der Waals surface area contributed by atoms with Crippen molar-refractivity contribution in [3.8, 4) is 0 Å². The number of hydrazine groups is 1. The molecule has 0 fully saturated rings. The molecule has 0 amide bonds. The van der Waals surface area contributed by atoms with Crippen LogP contribution in [0.25, 0.3) is 0 Å². The average Bonchev–Trinajstić information content (AvgIpc) is 2.81. The molecular weight excluding hydrogens is 291 g/mol. The highest BCUT2D eigenvalue weighted by Gasteiger charge is 2.12. The number of hydrogen-bond donors (Lipinski definition) is 2. The van der Waals surface area contributed by atoms with Crippen LogP contribution >= 0.6 is 34.5 Å². The molecular formula is C11H12Cl2N4S. The molecule has 0 atom stereocenters. The Labute approximate surface area is 119 Å². The zero-order valence-corrected chi connectivity index (χ0v) is 12.0. The van der Waals surface area contributed by atoms with Crippen LogP contribution < -0.4 is 16.2 Å². The second kappa shape index (κ2) is 5.75. The van der Waals surface area contributed by atoms with Crippen molar-refractivity contribution in [1.29, 1.82) is 0 Å². The summed E-state index contributed by atoms with van der Waals surface area (Å²) in [5, 5.41) is 5.02. The van der Waals surface area contributed by atoms with Crippen LogP contribution in [0.1, 0.15) is 5.56 Å². The van der Waals surface area contributed by atoms with E-state index >= 15 is 0 Å². The van der Waals surface area contributed by atoms with Crippen molar-refractivity contribution in [3.63, 3.8) is 0 Å². The van der Waals surface area contributed by atoms with Gasteiger partial charge in [-0.25, -0.2) is 10.8 Å². The fraction of sp³-hybridized carbons (Fsp3) is 0.182. The Bertz CT molecular complexity index is 530. The van der Waals surface area contributed by atoms with Gasteiger partial charge in [-0.05, 0) is 28.5 Å². The predicted octanol–water partition coefficient (Wildman–Crippen LogP) is 3.37. The fourth-order valence-electron chi connectivity index (χ4n) is 1.56. The molecule has 0 aliphatic carbocycles. The van der Waals surface area contributed by atoms with E-state index in [0.717, 1.165) is 6.54 Å². The van der Waals surface area contributed by atoms with Crippen molar-refractivity contribution in [2.45, 2.75) is 6.54 Å². The van der Waals surface area contributed by atoms with Crippen molar-refractivity contribution in [3.05, 3.63) is 38.5 Å². The molecule has 0 bridgehead atoms. The first kappa shape index (κ1) is 13.4. The van der Waals surface area contributed by atoms with Gasteiger partial charge in [0, 0.05) is 13.6 Å². The summed E-state index contributed by atoms with van der Waals surface area (Å²) in [6, 6.07) is 3.69. The Morgan fingerprint density at radius 1 is 1.44 bits per heavy atom. The summed E-state index contributed by atoms with van der Waals surface area (Å²) >= 11 is 13.7. The van der Waals surface area contributed by atoms with Crippen LogP contribution in [0.5, 0.6) is 0 Å². The normalized spacial score (nSPS) is 10.4. The van der Waals surface area contributed by atoms with Gasteiger partial charge in [0.2, 0.25) is 0 Å². The molecule has 0 aliphatic heterocycles. The topological polar surface area (TPSA) is 54.2 Å². The third-order valence-corrected chi connectivity index (χ3v) is 3.71. The Morgan fingerprint density at radius 2 is 2.22 bits per heavy atom.